The second-order valence-corrected chi connectivity index (χ2v) is 4.47. The standard InChI is InChI=1S/C14H18N2O2/c1-2-11-5-3-4-6-13(11)14(17)16-9-7-12(15-18)8-10-16/h3-6,18H,2,7-10H2,1H3. The number of benzene rings is 1. The molecule has 0 saturated carbocycles. The van der Waals surface area contributed by atoms with Crippen LogP contribution in [0.2, 0.25) is 0 Å². The van der Waals surface area contributed by atoms with Gasteiger partial charge in [0.1, 0.15) is 0 Å². The van der Waals surface area contributed by atoms with Crippen molar-refractivity contribution in [3.8, 4) is 0 Å². The maximum Gasteiger partial charge on any atom is 0.254 e. The van der Waals surface area contributed by atoms with Crippen molar-refractivity contribution in [2.24, 2.45) is 5.16 Å². The predicted molar refractivity (Wildman–Crippen MR) is 70.2 cm³/mol. The molecule has 2 rings (SSSR count). The van der Waals surface area contributed by atoms with Gasteiger partial charge in [0.25, 0.3) is 5.91 Å². The molecule has 1 aliphatic rings. The minimum Gasteiger partial charge on any atom is -0.411 e. The number of likely N-dealkylation sites (tertiary alicyclic amines) is 1. The third kappa shape index (κ3) is 2.53. The number of aryl methyl sites for hydroxylation is 1. The van der Waals surface area contributed by atoms with Crippen LogP contribution in [-0.2, 0) is 6.42 Å². The zero-order chi connectivity index (χ0) is 13.0. The van der Waals surface area contributed by atoms with Crippen molar-refractivity contribution < 1.29 is 10.0 Å². The fourth-order valence-corrected chi connectivity index (χ4v) is 2.28. The number of piperidine rings is 1. The highest BCUT2D eigenvalue weighted by Gasteiger charge is 2.22. The summed E-state index contributed by atoms with van der Waals surface area (Å²) in [6.45, 7) is 3.32. The molecule has 1 heterocycles. The number of hydrogen-bond donors (Lipinski definition) is 1. The molecule has 0 spiro atoms. The van der Waals surface area contributed by atoms with Gasteiger partial charge in [-0.25, -0.2) is 0 Å². The molecule has 0 atom stereocenters. The molecule has 1 aromatic carbocycles. The van der Waals surface area contributed by atoms with Crippen LogP contribution in [0, 0.1) is 0 Å². The molecule has 18 heavy (non-hydrogen) atoms. The van der Waals surface area contributed by atoms with Gasteiger partial charge in [-0.1, -0.05) is 30.3 Å². The summed E-state index contributed by atoms with van der Waals surface area (Å²) >= 11 is 0. The van der Waals surface area contributed by atoms with Gasteiger partial charge in [-0.05, 0) is 18.1 Å². The van der Waals surface area contributed by atoms with Crippen molar-refractivity contribution in [1.29, 1.82) is 0 Å². The zero-order valence-electron chi connectivity index (χ0n) is 10.6. The van der Waals surface area contributed by atoms with E-state index in [1.54, 1.807) is 0 Å². The maximum atomic E-state index is 12.4. The fourth-order valence-electron chi connectivity index (χ4n) is 2.28. The van der Waals surface area contributed by atoms with Gasteiger partial charge in [-0.3, -0.25) is 4.79 Å². The van der Waals surface area contributed by atoms with Gasteiger partial charge in [0, 0.05) is 31.5 Å². The van der Waals surface area contributed by atoms with E-state index in [1.165, 1.54) is 0 Å². The Hall–Kier alpha value is -1.84. The molecule has 0 aliphatic carbocycles. The summed E-state index contributed by atoms with van der Waals surface area (Å²) in [7, 11) is 0. The molecule has 0 unspecified atom stereocenters. The van der Waals surface area contributed by atoms with Crippen LogP contribution in [0.5, 0.6) is 0 Å². The zero-order valence-corrected chi connectivity index (χ0v) is 10.6. The van der Waals surface area contributed by atoms with E-state index in [1.807, 2.05) is 29.2 Å². The van der Waals surface area contributed by atoms with Crippen molar-refractivity contribution in [3.05, 3.63) is 35.4 Å². The SMILES string of the molecule is CCc1ccccc1C(=O)N1CCC(=NO)CC1. The number of oxime groups is 1. The average molecular weight is 246 g/mol. The summed E-state index contributed by atoms with van der Waals surface area (Å²) in [6, 6.07) is 7.74. The van der Waals surface area contributed by atoms with Crippen molar-refractivity contribution in [2.45, 2.75) is 26.2 Å². The lowest BCUT2D eigenvalue weighted by atomic mass is 10.0. The lowest BCUT2D eigenvalue weighted by molar-refractivity contribution is 0.0752. The normalized spacial score (nSPS) is 15.6. The van der Waals surface area contributed by atoms with Crippen LogP contribution >= 0.6 is 0 Å². The second kappa shape index (κ2) is 5.67. The van der Waals surface area contributed by atoms with E-state index in [0.29, 0.717) is 25.9 Å². The summed E-state index contributed by atoms with van der Waals surface area (Å²) in [5.74, 6) is 0.0874. The van der Waals surface area contributed by atoms with E-state index in [-0.39, 0.29) is 5.91 Å². The van der Waals surface area contributed by atoms with Gasteiger partial charge in [-0.15, -0.1) is 0 Å². The third-order valence-electron chi connectivity index (χ3n) is 3.40. The summed E-state index contributed by atoms with van der Waals surface area (Å²) in [4.78, 5) is 14.2. The first-order valence-corrected chi connectivity index (χ1v) is 6.33. The van der Waals surface area contributed by atoms with Gasteiger partial charge in [-0.2, -0.15) is 0 Å². The Morgan fingerprint density at radius 3 is 2.61 bits per heavy atom. The van der Waals surface area contributed by atoms with Gasteiger partial charge >= 0.3 is 0 Å². The summed E-state index contributed by atoms with van der Waals surface area (Å²) in [5, 5.41) is 11.9. The van der Waals surface area contributed by atoms with Crippen LogP contribution in [-0.4, -0.2) is 34.8 Å². The lowest BCUT2D eigenvalue weighted by Crippen LogP contribution is -2.39. The number of carbonyl (C=O) groups is 1. The van der Waals surface area contributed by atoms with E-state index in [9.17, 15) is 4.79 Å². The van der Waals surface area contributed by atoms with Gasteiger partial charge < -0.3 is 10.1 Å². The third-order valence-corrected chi connectivity index (χ3v) is 3.40. The van der Waals surface area contributed by atoms with Crippen molar-refractivity contribution >= 4 is 11.6 Å². The molecule has 4 heteroatoms. The number of rotatable bonds is 2. The van der Waals surface area contributed by atoms with Crippen LogP contribution in [0.1, 0.15) is 35.7 Å². The van der Waals surface area contributed by atoms with E-state index in [2.05, 4.69) is 12.1 Å². The summed E-state index contributed by atoms with van der Waals surface area (Å²) in [5.41, 5.74) is 2.66. The van der Waals surface area contributed by atoms with Crippen LogP contribution in [0.25, 0.3) is 0 Å². The summed E-state index contributed by atoms with van der Waals surface area (Å²) < 4.78 is 0. The Morgan fingerprint density at radius 2 is 2.00 bits per heavy atom. The molecule has 96 valence electrons. The first-order valence-electron chi connectivity index (χ1n) is 6.33. The Kier molecular flexibility index (Phi) is 3.97. The molecule has 1 aliphatic heterocycles. The highest BCUT2D eigenvalue weighted by Crippen LogP contribution is 2.16. The fraction of sp³-hybridized carbons (Fsp3) is 0.429. The molecule has 1 aromatic rings. The Morgan fingerprint density at radius 1 is 1.33 bits per heavy atom. The van der Waals surface area contributed by atoms with E-state index in [4.69, 9.17) is 5.21 Å². The molecule has 1 N–H and O–H groups in total. The molecular weight excluding hydrogens is 228 g/mol. The van der Waals surface area contributed by atoms with Gasteiger partial charge in [0.2, 0.25) is 0 Å². The van der Waals surface area contributed by atoms with Crippen molar-refractivity contribution in [3.63, 3.8) is 0 Å². The lowest BCUT2D eigenvalue weighted by Gasteiger charge is -2.27. The molecule has 0 bridgehead atoms. The molecular formula is C14H18N2O2. The van der Waals surface area contributed by atoms with Crippen LogP contribution in [0.4, 0.5) is 0 Å². The van der Waals surface area contributed by atoms with E-state index in [0.717, 1.165) is 23.3 Å². The number of carbonyl (C=O) groups excluding carboxylic acids is 1. The second-order valence-electron chi connectivity index (χ2n) is 4.47. The highest BCUT2D eigenvalue weighted by molar-refractivity contribution is 5.97. The molecule has 1 fully saturated rings. The van der Waals surface area contributed by atoms with E-state index < -0.39 is 0 Å². The Bertz CT molecular complexity index is 459. The molecule has 4 nitrogen and oxygen atoms in total. The first-order chi connectivity index (χ1) is 8.76. The van der Waals surface area contributed by atoms with Crippen molar-refractivity contribution in [2.75, 3.05) is 13.1 Å². The highest BCUT2D eigenvalue weighted by atomic mass is 16.4. The molecule has 1 amide bonds. The topological polar surface area (TPSA) is 52.9 Å². The average Bonchev–Trinajstić information content (AvgIpc) is 2.46. The summed E-state index contributed by atoms with van der Waals surface area (Å²) in [6.07, 6.45) is 2.19. The van der Waals surface area contributed by atoms with Crippen LogP contribution < -0.4 is 0 Å². The number of nitrogens with zero attached hydrogens (tertiary/aromatic N) is 2. The smallest absolute Gasteiger partial charge is 0.254 e. The van der Waals surface area contributed by atoms with Crippen LogP contribution in [0.3, 0.4) is 0 Å². The van der Waals surface area contributed by atoms with Crippen LogP contribution in [0.15, 0.2) is 29.4 Å². The largest absolute Gasteiger partial charge is 0.411 e. The van der Waals surface area contributed by atoms with Crippen molar-refractivity contribution in [1.82, 2.24) is 4.90 Å². The minimum atomic E-state index is 0.0874. The predicted octanol–water partition coefficient (Wildman–Crippen LogP) is 2.32. The maximum absolute atomic E-state index is 12.4. The molecule has 0 aromatic heterocycles. The number of hydrogen-bond acceptors (Lipinski definition) is 3. The number of amides is 1. The van der Waals surface area contributed by atoms with Gasteiger partial charge in [0.15, 0.2) is 0 Å². The van der Waals surface area contributed by atoms with E-state index >= 15 is 0 Å². The van der Waals surface area contributed by atoms with Gasteiger partial charge in [0.05, 0.1) is 5.71 Å². The molecule has 1 saturated heterocycles. The quantitative estimate of drug-likeness (QED) is 0.643. The monoisotopic (exact) mass is 246 g/mol. The first kappa shape index (κ1) is 12.6. The molecule has 0 radical (unpaired) electrons. The Balaban J connectivity index is 2.12. The Labute approximate surface area is 107 Å². The minimum absolute atomic E-state index is 0.0874.